The van der Waals surface area contributed by atoms with Gasteiger partial charge in [-0.25, -0.2) is 0 Å². The lowest BCUT2D eigenvalue weighted by Crippen LogP contribution is -2.22. The predicted octanol–water partition coefficient (Wildman–Crippen LogP) is 3.15. The van der Waals surface area contributed by atoms with E-state index in [9.17, 15) is 18.1 Å². The van der Waals surface area contributed by atoms with E-state index in [-0.39, 0.29) is 17.3 Å². The molecule has 3 N–H and O–H groups in total. The number of benzene rings is 1. The highest BCUT2D eigenvalue weighted by Crippen LogP contribution is 2.34. The summed E-state index contributed by atoms with van der Waals surface area (Å²) in [5, 5.41) is 11.6. The van der Waals surface area contributed by atoms with Gasteiger partial charge in [0, 0.05) is 11.9 Å². The summed E-state index contributed by atoms with van der Waals surface area (Å²) in [5.74, 6) is -3.28. The van der Waals surface area contributed by atoms with Gasteiger partial charge in [-0.15, -0.1) is 16.4 Å². The van der Waals surface area contributed by atoms with Crippen LogP contribution in [0.3, 0.4) is 0 Å². The summed E-state index contributed by atoms with van der Waals surface area (Å²) in [5.41, 5.74) is 8.82. The average molecular weight is 410 g/mol. The Balaban J connectivity index is 1.74. The molecule has 1 aromatic carbocycles. The standard InChI is InChI=1S/C17H16F2N4O2S2/c1-8-9(2)22-23-16-12(8)13(20)14(26-16)15(24)21-7-10-3-5-11(6-4-10)27(25)17(18)19/h3-6,17H,7,20H2,1-2H3,(H,21,24). The molecule has 0 saturated carbocycles. The highest BCUT2D eigenvalue weighted by Gasteiger charge is 2.23. The lowest BCUT2D eigenvalue weighted by Gasteiger charge is -2.09. The van der Waals surface area contributed by atoms with Gasteiger partial charge in [0.2, 0.25) is 0 Å². The maximum absolute atomic E-state index is 12.5. The van der Waals surface area contributed by atoms with E-state index < -0.39 is 16.9 Å². The topological polar surface area (TPSA) is 104 Å². The van der Waals surface area contributed by atoms with Crippen molar-refractivity contribution in [2.24, 2.45) is 0 Å². The fourth-order valence-electron chi connectivity index (χ4n) is 2.52. The maximum atomic E-state index is 12.5. The van der Waals surface area contributed by atoms with Crippen LogP contribution in [0.1, 0.15) is 26.5 Å². The van der Waals surface area contributed by atoms with Crippen molar-refractivity contribution in [1.29, 1.82) is 0 Å². The third-order valence-corrected chi connectivity index (χ3v) is 6.26. The van der Waals surface area contributed by atoms with E-state index in [4.69, 9.17) is 5.73 Å². The molecule has 1 atom stereocenters. The van der Waals surface area contributed by atoms with E-state index in [1.807, 2.05) is 13.8 Å². The van der Waals surface area contributed by atoms with Crippen molar-refractivity contribution >= 4 is 44.3 Å². The van der Waals surface area contributed by atoms with Gasteiger partial charge in [-0.1, -0.05) is 12.1 Å². The van der Waals surface area contributed by atoms with Crippen LogP contribution in [0, 0.1) is 13.8 Å². The van der Waals surface area contributed by atoms with Crippen LogP contribution < -0.4 is 11.1 Å². The lowest BCUT2D eigenvalue weighted by atomic mass is 10.1. The number of hydrogen-bond donors (Lipinski definition) is 2. The van der Waals surface area contributed by atoms with Crippen LogP contribution in [-0.4, -0.2) is 26.4 Å². The quantitative estimate of drug-likeness (QED) is 0.629. The van der Waals surface area contributed by atoms with Gasteiger partial charge in [0.15, 0.2) is 4.90 Å². The third-order valence-electron chi connectivity index (χ3n) is 4.11. The van der Waals surface area contributed by atoms with Crippen molar-refractivity contribution in [3.05, 3.63) is 46.0 Å². The van der Waals surface area contributed by atoms with Crippen LogP contribution in [0.15, 0.2) is 29.2 Å². The number of nitrogen functional groups attached to an aromatic ring is 1. The summed E-state index contributed by atoms with van der Waals surface area (Å²) in [6, 6.07) is 5.81. The third kappa shape index (κ3) is 3.87. The van der Waals surface area contributed by atoms with Gasteiger partial charge in [0.05, 0.1) is 22.6 Å². The molecule has 0 fully saturated rings. The van der Waals surface area contributed by atoms with Gasteiger partial charge >= 0.3 is 5.76 Å². The summed E-state index contributed by atoms with van der Waals surface area (Å²) in [7, 11) is 0. The first-order chi connectivity index (χ1) is 12.8. The van der Waals surface area contributed by atoms with E-state index in [1.54, 1.807) is 12.1 Å². The molecule has 142 valence electrons. The molecule has 1 unspecified atom stereocenters. The molecular formula is C17H16F2N4O2S2. The second-order valence-electron chi connectivity index (χ2n) is 5.82. The average Bonchev–Trinajstić information content (AvgIpc) is 3.00. The Hall–Kier alpha value is -2.30. The summed E-state index contributed by atoms with van der Waals surface area (Å²) in [4.78, 5) is 13.5. The number of halogens is 2. The van der Waals surface area contributed by atoms with E-state index >= 15 is 0 Å². The second-order valence-corrected chi connectivity index (χ2v) is 8.24. The number of nitrogens with zero attached hydrogens (tertiary/aromatic N) is 2. The Kier molecular flexibility index (Phi) is 5.59. The van der Waals surface area contributed by atoms with Gasteiger partial charge in [-0.3, -0.25) is 4.79 Å². The molecular weight excluding hydrogens is 394 g/mol. The molecule has 0 radical (unpaired) electrons. The number of aryl methyl sites for hydroxylation is 2. The normalized spacial score (nSPS) is 12.5. The first-order valence-electron chi connectivity index (χ1n) is 7.87. The van der Waals surface area contributed by atoms with Crippen molar-refractivity contribution in [3.63, 3.8) is 0 Å². The molecule has 3 rings (SSSR count). The van der Waals surface area contributed by atoms with E-state index in [1.165, 1.54) is 23.5 Å². The Morgan fingerprint density at radius 1 is 1.30 bits per heavy atom. The number of aromatic nitrogens is 2. The van der Waals surface area contributed by atoms with E-state index in [0.29, 0.717) is 21.0 Å². The summed E-state index contributed by atoms with van der Waals surface area (Å²) in [6.07, 6.45) is 0. The van der Waals surface area contributed by atoms with E-state index in [0.717, 1.165) is 16.6 Å². The zero-order valence-corrected chi connectivity index (χ0v) is 16.1. The number of carbonyl (C=O) groups excluding carboxylic acids is 1. The maximum Gasteiger partial charge on any atom is 0.402 e. The molecule has 3 aromatic rings. The molecule has 0 aliphatic heterocycles. The Bertz CT molecular complexity index is 993. The molecule has 10 heteroatoms. The molecule has 6 nitrogen and oxygen atoms in total. The molecule has 1 amide bonds. The Labute approximate surface area is 161 Å². The number of nitrogens with two attached hydrogens (primary N) is 1. The van der Waals surface area contributed by atoms with Crippen molar-refractivity contribution in [2.75, 3.05) is 5.73 Å². The highest BCUT2D eigenvalue weighted by molar-refractivity contribution is 7.91. The largest absolute Gasteiger partial charge is 0.607 e. The summed E-state index contributed by atoms with van der Waals surface area (Å²) >= 11 is -1.19. The summed E-state index contributed by atoms with van der Waals surface area (Å²) < 4.78 is 36.3. The van der Waals surface area contributed by atoms with Crippen LogP contribution in [-0.2, 0) is 17.7 Å². The van der Waals surface area contributed by atoms with Crippen LogP contribution in [0.5, 0.6) is 0 Å². The lowest BCUT2D eigenvalue weighted by molar-refractivity contribution is 0.0956. The van der Waals surface area contributed by atoms with Gasteiger partial charge in [-0.05, 0) is 37.1 Å². The molecule has 0 aliphatic carbocycles. The fraction of sp³-hybridized carbons (Fsp3) is 0.235. The number of carbonyl (C=O) groups is 1. The number of anilines is 1. The first kappa shape index (κ1) is 19.5. The number of thiophene rings is 1. The van der Waals surface area contributed by atoms with Crippen LogP contribution in [0.2, 0.25) is 0 Å². The van der Waals surface area contributed by atoms with Gasteiger partial charge in [0.25, 0.3) is 5.91 Å². The monoisotopic (exact) mass is 410 g/mol. The predicted molar refractivity (Wildman–Crippen MR) is 101 cm³/mol. The van der Waals surface area contributed by atoms with Crippen molar-refractivity contribution in [2.45, 2.75) is 31.0 Å². The van der Waals surface area contributed by atoms with Crippen molar-refractivity contribution in [3.8, 4) is 0 Å². The molecule has 27 heavy (non-hydrogen) atoms. The molecule has 0 bridgehead atoms. The van der Waals surface area contributed by atoms with Crippen molar-refractivity contribution < 1.29 is 18.1 Å². The number of rotatable bonds is 5. The Morgan fingerprint density at radius 3 is 2.59 bits per heavy atom. The summed E-state index contributed by atoms with van der Waals surface area (Å²) in [6.45, 7) is 3.88. The first-order valence-corrected chi connectivity index (χ1v) is 9.90. The minimum atomic E-state index is -2.93. The van der Waals surface area contributed by atoms with Crippen LogP contribution in [0.25, 0.3) is 10.2 Å². The zero-order valence-electron chi connectivity index (χ0n) is 14.5. The molecule has 2 aromatic heterocycles. The fourth-order valence-corrected chi connectivity index (χ4v) is 4.14. The van der Waals surface area contributed by atoms with Gasteiger partial charge in [-0.2, -0.15) is 13.9 Å². The van der Waals surface area contributed by atoms with Gasteiger partial charge in [0.1, 0.15) is 9.71 Å². The molecule has 2 heterocycles. The molecule has 0 spiro atoms. The van der Waals surface area contributed by atoms with Gasteiger partial charge < -0.3 is 15.6 Å². The van der Waals surface area contributed by atoms with E-state index in [2.05, 4.69) is 15.5 Å². The number of fused-ring (bicyclic) bond motifs is 1. The number of amides is 1. The minimum Gasteiger partial charge on any atom is -0.607 e. The Morgan fingerprint density at radius 2 is 1.96 bits per heavy atom. The number of nitrogens with one attached hydrogen (secondary N) is 1. The second kappa shape index (κ2) is 7.75. The van der Waals surface area contributed by atoms with Crippen LogP contribution in [0.4, 0.5) is 14.5 Å². The number of alkyl halides is 2. The molecule has 0 aliphatic rings. The zero-order chi connectivity index (χ0) is 19.7. The number of hydrogen-bond acceptors (Lipinski definition) is 6. The smallest absolute Gasteiger partial charge is 0.402 e. The highest BCUT2D eigenvalue weighted by atomic mass is 32.2. The van der Waals surface area contributed by atoms with Crippen LogP contribution >= 0.6 is 11.3 Å². The van der Waals surface area contributed by atoms with Crippen molar-refractivity contribution in [1.82, 2.24) is 15.5 Å². The SMILES string of the molecule is Cc1nnc2sc(C(=O)NCc3ccc([S+]([O-])C(F)F)cc3)c(N)c2c1C. The minimum absolute atomic E-state index is 0.0400. The molecule has 0 saturated heterocycles.